The molecule has 1 amide bonds. The van der Waals surface area contributed by atoms with E-state index in [1.807, 2.05) is 4.90 Å². The van der Waals surface area contributed by atoms with E-state index in [9.17, 15) is 4.79 Å². The fraction of sp³-hybridized carbons (Fsp3) is 0.769. The van der Waals surface area contributed by atoms with Crippen LogP contribution < -0.4 is 0 Å². The van der Waals surface area contributed by atoms with E-state index in [1.54, 1.807) is 6.92 Å². The maximum absolute atomic E-state index is 12.5. The first kappa shape index (κ1) is 12.6. The molecule has 1 aromatic rings. The van der Waals surface area contributed by atoms with E-state index in [0.717, 1.165) is 6.42 Å². The summed E-state index contributed by atoms with van der Waals surface area (Å²) in [6.07, 6.45) is 0.957. The maximum atomic E-state index is 12.5. The summed E-state index contributed by atoms with van der Waals surface area (Å²) in [6.45, 7) is 7.62. The number of aryl methyl sites for hydroxylation is 1. The monoisotopic (exact) mass is 265 g/mol. The van der Waals surface area contributed by atoms with Gasteiger partial charge in [0.15, 0.2) is 5.82 Å². The zero-order valence-electron chi connectivity index (χ0n) is 11.5. The molecule has 1 aliphatic carbocycles. The van der Waals surface area contributed by atoms with Gasteiger partial charge in [-0.3, -0.25) is 4.79 Å². The zero-order valence-corrected chi connectivity index (χ0v) is 11.5. The van der Waals surface area contributed by atoms with Gasteiger partial charge in [-0.15, -0.1) is 0 Å². The first-order valence-electron chi connectivity index (χ1n) is 6.67. The standard InChI is InChI=1S/C13H19N3O3/c1-8-14-11(19-15-8)10-7-18-5-4-16(10)12(17)9-6-13(9,2)3/h9-10H,4-7H2,1-3H3/t9-,10-/m1/s1. The van der Waals surface area contributed by atoms with E-state index in [0.29, 0.717) is 31.5 Å². The van der Waals surface area contributed by atoms with Crippen molar-refractivity contribution in [3.8, 4) is 0 Å². The van der Waals surface area contributed by atoms with Crippen LogP contribution in [0.15, 0.2) is 4.52 Å². The van der Waals surface area contributed by atoms with Crippen LogP contribution in [-0.2, 0) is 9.53 Å². The number of aromatic nitrogens is 2. The van der Waals surface area contributed by atoms with E-state index in [4.69, 9.17) is 9.26 Å². The summed E-state index contributed by atoms with van der Waals surface area (Å²) in [5.41, 5.74) is 0.130. The second-order valence-corrected chi connectivity index (χ2v) is 6.05. The lowest BCUT2D eigenvalue weighted by atomic mass is 10.1. The molecule has 0 radical (unpaired) electrons. The van der Waals surface area contributed by atoms with Crippen LogP contribution in [0.3, 0.4) is 0 Å². The van der Waals surface area contributed by atoms with Gasteiger partial charge in [0.05, 0.1) is 13.2 Å². The molecule has 1 aromatic heterocycles. The second-order valence-electron chi connectivity index (χ2n) is 6.05. The number of nitrogens with zero attached hydrogens (tertiary/aromatic N) is 3. The molecule has 2 fully saturated rings. The van der Waals surface area contributed by atoms with Crippen LogP contribution >= 0.6 is 0 Å². The minimum Gasteiger partial charge on any atom is -0.377 e. The first-order chi connectivity index (χ1) is 8.99. The molecule has 0 spiro atoms. The van der Waals surface area contributed by atoms with Crippen molar-refractivity contribution in [1.82, 2.24) is 15.0 Å². The number of ether oxygens (including phenoxy) is 1. The predicted octanol–water partition coefficient (Wildman–Crippen LogP) is 1.32. The van der Waals surface area contributed by atoms with Gasteiger partial charge in [0.25, 0.3) is 5.89 Å². The Hall–Kier alpha value is -1.43. The van der Waals surface area contributed by atoms with Gasteiger partial charge >= 0.3 is 0 Å². The predicted molar refractivity (Wildman–Crippen MR) is 66.2 cm³/mol. The lowest BCUT2D eigenvalue weighted by Gasteiger charge is -2.33. The topological polar surface area (TPSA) is 68.5 Å². The number of hydrogen-bond acceptors (Lipinski definition) is 5. The largest absolute Gasteiger partial charge is 0.377 e. The highest BCUT2D eigenvalue weighted by atomic mass is 16.5. The van der Waals surface area contributed by atoms with Gasteiger partial charge in [0.2, 0.25) is 5.91 Å². The molecule has 6 nitrogen and oxygen atoms in total. The van der Waals surface area contributed by atoms with E-state index in [1.165, 1.54) is 0 Å². The number of hydrogen-bond donors (Lipinski definition) is 0. The van der Waals surface area contributed by atoms with Crippen LogP contribution in [0.4, 0.5) is 0 Å². The first-order valence-corrected chi connectivity index (χ1v) is 6.67. The van der Waals surface area contributed by atoms with Crippen LogP contribution in [0.5, 0.6) is 0 Å². The summed E-state index contributed by atoms with van der Waals surface area (Å²) < 4.78 is 10.7. The Morgan fingerprint density at radius 1 is 1.47 bits per heavy atom. The van der Waals surface area contributed by atoms with E-state index < -0.39 is 0 Å². The summed E-state index contributed by atoms with van der Waals surface area (Å²) in [5, 5.41) is 3.80. The third kappa shape index (κ3) is 2.25. The van der Waals surface area contributed by atoms with Crippen LogP contribution in [0.1, 0.15) is 38.0 Å². The van der Waals surface area contributed by atoms with Gasteiger partial charge in [-0.2, -0.15) is 4.98 Å². The fourth-order valence-corrected chi connectivity index (χ4v) is 2.61. The van der Waals surface area contributed by atoms with Gasteiger partial charge in [-0.05, 0) is 18.8 Å². The molecule has 0 bridgehead atoms. The number of morpholine rings is 1. The molecule has 2 atom stereocenters. The second kappa shape index (κ2) is 4.30. The van der Waals surface area contributed by atoms with Crippen molar-refractivity contribution in [2.45, 2.75) is 33.2 Å². The molecule has 0 N–H and O–H groups in total. The third-order valence-corrected chi connectivity index (χ3v) is 4.05. The zero-order chi connectivity index (χ0) is 13.6. The molecule has 2 heterocycles. The molecule has 1 saturated heterocycles. The highest BCUT2D eigenvalue weighted by Crippen LogP contribution is 2.53. The van der Waals surface area contributed by atoms with Crippen LogP contribution in [0.25, 0.3) is 0 Å². The van der Waals surface area contributed by atoms with Crippen LogP contribution in [0, 0.1) is 18.3 Å². The van der Waals surface area contributed by atoms with Crippen molar-refractivity contribution in [2.24, 2.45) is 11.3 Å². The van der Waals surface area contributed by atoms with Crippen molar-refractivity contribution >= 4 is 5.91 Å². The molecule has 3 rings (SSSR count). The molecule has 104 valence electrons. The smallest absolute Gasteiger partial charge is 0.251 e. The minimum absolute atomic E-state index is 0.122. The Bertz CT molecular complexity index is 497. The van der Waals surface area contributed by atoms with E-state index in [2.05, 4.69) is 24.0 Å². The summed E-state index contributed by atoms with van der Waals surface area (Å²) in [6, 6.07) is -0.237. The molecule has 1 aliphatic heterocycles. The lowest BCUT2D eigenvalue weighted by molar-refractivity contribution is -0.143. The normalized spacial score (nSPS) is 29.3. The van der Waals surface area contributed by atoms with Gasteiger partial charge in [0.1, 0.15) is 6.04 Å². The minimum atomic E-state index is -0.237. The Morgan fingerprint density at radius 3 is 2.79 bits per heavy atom. The van der Waals surface area contributed by atoms with E-state index >= 15 is 0 Å². The molecule has 2 aliphatic rings. The molecular weight excluding hydrogens is 246 g/mol. The molecular formula is C13H19N3O3. The lowest BCUT2D eigenvalue weighted by Crippen LogP contribution is -2.44. The van der Waals surface area contributed by atoms with Crippen molar-refractivity contribution in [3.05, 3.63) is 11.7 Å². The van der Waals surface area contributed by atoms with Gasteiger partial charge in [-0.25, -0.2) is 0 Å². The number of amides is 1. The quantitative estimate of drug-likeness (QED) is 0.806. The highest BCUT2D eigenvalue weighted by Gasteiger charge is 2.53. The number of carbonyl (C=O) groups is 1. The molecule has 0 unspecified atom stereocenters. The fourth-order valence-electron chi connectivity index (χ4n) is 2.61. The Kier molecular flexibility index (Phi) is 2.85. The molecule has 0 aromatic carbocycles. The highest BCUT2D eigenvalue weighted by molar-refractivity contribution is 5.83. The van der Waals surface area contributed by atoms with Crippen molar-refractivity contribution in [2.75, 3.05) is 19.8 Å². The van der Waals surface area contributed by atoms with Crippen molar-refractivity contribution < 1.29 is 14.1 Å². The molecule has 1 saturated carbocycles. The van der Waals surface area contributed by atoms with E-state index in [-0.39, 0.29) is 23.3 Å². The van der Waals surface area contributed by atoms with Gasteiger partial charge < -0.3 is 14.2 Å². The number of carbonyl (C=O) groups excluding carboxylic acids is 1. The molecule has 19 heavy (non-hydrogen) atoms. The summed E-state index contributed by atoms with van der Waals surface area (Å²) in [5.74, 6) is 1.37. The average molecular weight is 265 g/mol. The van der Waals surface area contributed by atoms with Gasteiger partial charge in [-0.1, -0.05) is 19.0 Å². The van der Waals surface area contributed by atoms with Crippen LogP contribution in [0.2, 0.25) is 0 Å². The summed E-state index contributed by atoms with van der Waals surface area (Å²) in [4.78, 5) is 18.6. The maximum Gasteiger partial charge on any atom is 0.251 e. The van der Waals surface area contributed by atoms with Gasteiger partial charge in [0, 0.05) is 12.5 Å². The van der Waals surface area contributed by atoms with Crippen molar-refractivity contribution in [3.63, 3.8) is 0 Å². The van der Waals surface area contributed by atoms with Crippen LogP contribution in [-0.4, -0.2) is 40.7 Å². The Morgan fingerprint density at radius 2 is 2.21 bits per heavy atom. The average Bonchev–Trinajstić information content (AvgIpc) is 2.82. The molecule has 6 heteroatoms. The SMILES string of the molecule is Cc1noc([C@H]2COCCN2C(=O)[C@H]2CC2(C)C)n1. The summed E-state index contributed by atoms with van der Waals surface area (Å²) in [7, 11) is 0. The van der Waals surface area contributed by atoms with Crippen molar-refractivity contribution in [1.29, 1.82) is 0 Å². The number of rotatable bonds is 2. The third-order valence-electron chi connectivity index (χ3n) is 4.05. The Labute approximate surface area is 112 Å². The summed E-state index contributed by atoms with van der Waals surface area (Å²) >= 11 is 0. The Balaban J connectivity index is 1.80.